The standard InChI is InChI=1S/C18H27NO2/c1-2-14-5-3-6-15(8-7-14)19-16-9-10-17-18(13-16)21-12-4-11-20-17/h9-10,13-15,19H,2-8,11-12H2,1H3. The van der Waals surface area contributed by atoms with Gasteiger partial charge in [-0.15, -0.1) is 0 Å². The fourth-order valence-corrected chi connectivity index (χ4v) is 3.42. The molecule has 1 fully saturated rings. The lowest BCUT2D eigenvalue weighted by Crippen LogP contribution is -2.18. The maximum absolute atomic E-state index is 5.77. The van der Waals surface area contributed by atoms with Crippen LogP contribution in [0, 0.1) is 5.92 Å². The summed E-state index contributed by atoms with van der Waals surface area (Å²) < 4.78 is 11.5. The zero-order valence-electron chi connectivity index (χ0n) is 13.1. The second-order valence-corrected chi connectivity index (χ2v) is 6.34. The summed E-state index contributed by atoms with van der Waals surface area (Å²) in [5.41, 5.74) is 1.17. The minimum atomic E-state index is 0.603. The zero-order valence-corrected chi connectivity index (χ0v) is 13.1. The van der Waals surface area contributed by atoms with Gasteiger partial charge in [0.15, 0.2) is 11.5 Å². The van der Waals surface area contributed by atoms with Crippen molar-refractivity contribution in [1.29, 1.82) is 0 Å². The molecule has 2 unspecified atom stereocenters. The van der Waals surface area contributed by atoms with Gasteiger partial charge in [0, 0.05) is 24.2 Å². The van der Waals surface area contributed by atoms with E-state index >= 15 is 0 Å². The molecule has 21 heavy (non-hydrogen) atoms. The Kier molecular flexibility index (Phi) is 4.89. The van der Waals surface area contributed by atoms with Gasteiger partial charge in [0.05, 0.1) is 13.2 Å². The van der Waals surface area contributed by atoms with Crippen molar-refractivity contribution in [2.45, 2.75) is 57.9 Å². The predicted octanol–water partition coefficient (Wildman–Crippen LogP) is 4.62. The van der Waals surface area contributed by atoms with Crippen molar-refractivity contribution >= 4 is 5.69 Å². The molecule has 0 amide bonds. The van der Waals surface area contributed by atoms with E-state index in [1.807, 2.05) is 6.07 Å². The molecule has 0 aromatic heterocycles. The van der Waals surface area contributed by atoms with Crippen LogP contribution in [0.1, 0.15) is 51.9 Å². The van der Waals surface area contributed by atoms with Crippen LogP contribution >= 0.6 is 0 Å². The Balaban J connectivity index is 1.63. The van der Waals surface area contributed by atoms with Crippen molar-refractivity contribution in [3.8, 4) is 11.5 Å². The van der Waals surface area contributed by atoms with Gasteiger partial charge in [-0.25, -0.2) is 0 Å². The van der Waals surface area contributed by atoms with Crippen LogP contribution in [0.3, 0.4) is 0 Å². The molecule has 0 radical (unpaired) electrons. The molecular formula is C18H27NO2. The van der Waals surface area contributed by atoms with Crippen LogP contribution in [0.15, 0.2) is 18.2 Å². The molecule has 0 spiro atoms. The number of hydrogen-bond donors (Lipinski definition) is 1. The average Bonchev–Trinajstić information content (AvgIpc) is 2.87. The molecule has 1 N–H and O–H groups in total. The summed E-state index contributed by atoms with van der Waals surface area (Å²) in [5.74, 6) is 2.70. The molecule has 2 aliphatic rings. The molecule has 1 aromatic carbocycles. The topological polar surface area (TPSA) is 30.5 Å². The van der Waals surface area contributed by atoms with Crippen molar-refractivity contribution in [3.05, 3.63) is 18.2 Å². The van der Waals surface area contributed by atoms with Crippen molar-refractivity contribution < 1.29 is 9.47 Å². The molecule has 1 aliphatic carbocycles. The third-order valence-corrected chi connectivity index (χ3v) is 4.78. The van der Waals surface area contributed by atoms with Crippen LogP contribution in [-0.4, -0.2) is 19.3 Å². The van der Waals surface area contributed by atoms with Crippen molar-refractivity contribution in [1.82, 2.24) is 0 Å². The van der Waals surface area contributed by atoms with Gasteiger partial charge in [-0.3, -0.25) is 0 Å². The van der Waals surface area contributed by atoms with Gasteiger partial charge < -0.3 is 14.8 Å². The molecule has 1 aliphatic heterocycles. The number of benzene rings is 1. The molecule has 3 nitrogen and oxygen atoms in total. The number of ether oxygens (including phenoxy) is 2. The number of nitrogens with one attached hydrogen (secondary N) is 1. The van der Waals surface area contributed by atoms with E-state index in [0.29, 0.717) is 6.04 Å². The minimum absolute atomic E-state index is 0.603. The number of fused-ring (bicyclic) bond motifs is 1. The van der Waals surface area contributed by atoms with Gasteiger partial charge in [0.1, 0.15) is 0 Å². The molecule has 2 atom stereocenters. The monoisotopic (exact) mass is 289 g/mol. The van der Waals surface area contributed by atoms with E-state index in [-0.39, 0.29) is 0 Å². The van der Waals surface area contributed by atoms with Gasteiger partial charge in [-0.05, 0) is 37.3 Å². The minimum Gasteiger partial charge on any atom is -0.490 e. The van der Waals surface area contributed by atoms with Crippen molar-refractivity contribution in [3.63, 3.8) is 0 Å². The average molecular weight is 289 g/mol. The van der Waals surface area contributed by atoms with Gasteiger partial charge in [0.25, 0.3) is 0 Å². The van der Waals surface area contributed by atoms with E-state index in [1.54, 1.807) is 0 Å². The van der Waals surface area contributed by atoms with Crippen LogP contribution in [0.2, 0.25) is 0 Å². The van der Waals surface area contributed by atoms with Crippen LogP contribution in [0.4, 0.5) is 5.69 Å². The quantitative estimate of drug-likeness (QED) is 0.824. The van der Waals surface area contributed by atoms with Crippen LogP contribution in [0.25, 0.3) is 0 Å². The summed E-state index contributed by atoms with van der Waals surface area (Å²) >= 11 is 0. The normalized spacial score (nSPS) is 25.8. The molecule has 1 aromatic rings. The van der Waals surface area contributed by atoms with Crippen LogP contribution < -0.4 is 14.8 Å². The van der Waals surface area contributed by atoms with E-state index in [0.717, 1.165) is 37.1 Å². The van der Waals surface area contributed by atoms with E-state index in [9.17, 15) is 0 Å². The number of hydrogen-bond acceptors (Lipinski definition) is 3. The van der Waals surface area contributed by atoms with Gasteiger partial charge in [-0.1, -0.05) is 26.2 Å². The predicted molar refractivity (Wildman–Crippen MR) is 86.3 cm³/mol. The van der Waals surface area contributed by atoms with Gasteiger partial charge in [-0.2, -0.15) is 0 Å². The van der Waals surface area contributed by atoms with Gasteiger partial charge in [0.2, 0.25) is 0 Å². The van der Waals surface area contributed by atoms with E-state index in [1.165, 1.54) is 44.2 Å². The Morgan fingerprint density at radius 2 is 1.86 bits per heavy atom. The van der Waals surface area contributed by atoms with Crippen molar-refractivity contribution in [2.24, 2.45) is 5.92 Å². The first kappa shape index (κ1) is 14.6. The summed E-state index contributed by atoms with van der Waals surface area (Å²) in [5, 5.41) is 3.70. The Morgan fingerprint density at radius 3 is 2.71 bits per heavy atom. The zero-order chi connectivity index (χ0) is 14.5. The lowest BCUT2D eigenvalue weighted by molar-refractivity contribution is 0.297. The smallest absolute Gasteiger partial charge is 0.163 e. The highest BCUT2D eigenvalue weighted by molar-refractivity contribution is 5.55. The Hall–Kier alpha value is -1.38. The summed E-state index contributed by atoms with van der Waals surface area (Å²) in [7, 11) is 0. The first-order valence-corrected chi connectivity index (χ1v) is 8.51. The van der Waals surface area contributed by atoms with E-state index in [4.69, 9.17) is 9.47 Å². The third-order valence-electron chi connectivity index (χ3n) is 4.78. The highest BCUT2D eigenvalue weighted by atomic mass is 16.5. The molecule has 1 saturated carbocycles. The Morgan fingerprint density at radius 1 is 1.00 bits per heavy atom. The second-order valence-electron chi connectivity index (χ2n) is 6.34. The van der Waals surface area contributed by atoms with Gasteiger partial charge >= 0.3 is 0 Å². The summed E-state index contributed by atoms with van der Waals surface area (Å²) in [6.07, 6.45) is 8.96. The Labute approximate surface area is 128 Å². The summed E-state index contributed by atoms with van der Waals surface area (Å²) in [6, 6.07) is 6.86. The fraction of sp³-hybridized carbons (Fsp3) is 0.667. The summed E-state index contributed by atoms with van der Waals surface area (Å²) in [4.78, 5) is 0. The molecule has 116 valence electrons. The molecule has 1 heterocycles. The lowest BCUT2D eigenvalue weighted by atomic mass is 9.98. The summed E-state index contributed by atoms with van der Waals surface area (Å²) in [6.45, 7) is 3.82. The molecule has 0 bridgehead atoms. The highest BCUT2D eigenvalue weighted by Gasteiger charge is 2.18. The molecule has 3 rings (SSSR count). The SMILES string of the molecule is CCC1CCCC(Nc2ccc3c(c2)OCCCO3)CC1. The number of anilines is 1. The fourth-order valence-electron chi connectivity index (χ4n) is 3.42. The maximum Gasteiger partial charge on any atom is 0.163 e. The Bertz CT molecular complexity index is 461. The van der Waals surface area contributed by atoms with Crippen LogP contribution in [0.5, 0.6) is 11.5 Å². The number of rotatable bonds is 3. The first-order chi connectivity index (χ1) is 10.3. The largest absolute Gasteiger partial charge is 0.490 e. The van der Waals surface area contributed by atoms with E-state index in [2.05, 4.69) is 24.4 Å². The molecule has 3 heteroatoms. The lowest BCUT2D eigenvalue weighted by Gasteiger charge is -2.19. The molecular weight excluding hydrogens is 262 g/mol. The maximum atomic E-state index is 5.77. The van der Waals surface area contributed by atoms with E-state index < -0.39 is 0 Å². The highest BCUT2D eigenvalue weighted by Crippen LogP contribution is 2.33. The first-order valence-electron chi connectivity index (χ1n) is 8.51. The molecule has 0 saturated heterocycles. The van der Waals surface area contributed by atoms with Crippen LogP contribution in [-0.2, 0) is 0 Å². The van der Waals surface area contributed by atoms with Crippen molar-refractivity contribution in [2.75, 3.05) is 18.5 Å². The second kappa shape index (κ2) is 7.06. The third kappa shape index (κ3) is 3.84.